The van der Waals surface area contributed by atoms with Crippen molar-refractivity contribution in [1.82, 2.24) is 19.9 Å². The lowest BCUT2D eigenvalue weighted by Crippen LogP contribution is -2.25. The maximum Gasteiger partial charge on any atom is 0.306 e. The van der Waals surface area contributed by atoms with Crippen molar-refractivity contribution in [2.24, 2.45) is 0 Å². The molecule has 224 valence electrons. The van der Waals surface area contributed by atoms with Gasteiger partial charge in [0, 0.05) is 19.0 Å². The maximum absolute atomic E-state index is 12.7. The summed E-state index contributed by atoms with van der Waals surface area (Å²) in [5.74, 6) is -0.478. The van der Waals surface area contributed by atoms with Gasteiger partial charge in [-0.3, -0.25) is 4.79 Å². The van der Waals surface area contributed by atoms with Gasteiger partial charge in [0.2, 0.25) is 0 Å². The number of benzene rings is 3. The minimum atomic E-state index is -0.600. The molecule has 1 unspecified atom stereocenters. The summed E-state index contributed by atoms with van der Waals surface area (Å²) in [7, 11) is 2.11. The van der Waals surface area contributed by atoms with Gasteiger partial charge in [0.15, 0.2) is 0 Å². The lowest BCUT2D eigenvalue weighted by atomic mass is 9.84. The van der Waals surface area contributed by atoms with Crippen molar-refractivity contribution in [3.63, 3.8) is 0 Å². The first-order valence-electron chi connectivity index (χ1n) is 14.9. The van der Waals surface area contributed by atoms with Crippen molar-refractivity contribution in [2.75, 3.05) is 33.4 Å². The number of aliphatic hydroxyl groups excluding tert-OH is 1. The second-order valence-corrected chi connectivity index (χ2v) is 11.0. The number of rotatable bonds is 15. The van der Waals surface area contributed by atoms with Crippen LogP contribution in [0.1, 0.15) is 72.1 Å². The van der Waals surface area contributed by atoms with Gasteiger partial charge in [0.05, 0.1) is 37.9 Å². The summed E-state index contributed by atoms with van der Waals surface area (Å²) >= 11 is 0. The number of carbonyl (C=O) groups excluding carboxylic acids is 1. The van der Waals surface area contributed by atoms with E-state index in [1.165, 1.54) is 5.56 Å². The monoisotopic (exact) mass is 572 g/mol. The molecule has 2 atom stereocenters. The number of esters is 1. The lowest BCUT2D eigenvalue weighted by molar-refractivity contribution is -0.143. The number of likely N-dealkylation sites (N-methyl/N-ethyl adjacent to an activating group) is 1. The molecule has 1 aromatic heterocycles. The summed E-state index contributed by atoms with van der Waals surface area (Å²) < 4.78 is 13.1. The van der Waals surface area contributed by atoms with Gasteiger partial charge in [0.25, 0.3) is 0 Å². The molecule has 1 heterocycles. The lowest BCUT2D eigenvalue weighted by Gasteiger charge is -2.22. The number of fused-ring (bicyclic) bond motifs is 1. The van der Waals surface area contributed by atoms with E-state index in [4.69, 9.17) is 9.47 Å². The number of nitrogens with zero attached hydrogens (tertiary/aromatic N) is 4. The Labute approximate surface area is 249 Å². The van der Waals surface area contributed by atoms with E-state index in [1.54, 1.807) is 6.92 Å². The summed E-state index contributed by atoms with van der Waals surface area (Å²) in [6.45, 7) is 11.8. The van der Waals surface area contributed by atoms with E-state index in [2.05, 4.69) is 46.5 Å². The molecule has 0 bridgehead atoms. The molecule has 0 radical (unpaired) electrons. The second-order valence-electron chi connectivity index (χ2n) is 11.0. The Hall–Kier alpha value is -3.59. The average Bonchev–Trinajstić information content (AvgIpc) is 3.39. The summed E-state index contributed by atoms with van der Waals surface area (Å²) in [5.41, 5.74) is 7.86. The van der Waals surface area contributed by atoms with Gasteiger partial charge in [-0.05, 0) is 87.2 Å². The zero-order valence-corrected chi connectivity index (χ0v) is 25.5. The Balaban J connectivity index is 1.43. The van der Waals surface area contributed by atoms with Gasteiger partial charge in [-0.2, -0.15) is 0 Å². The first kappa shape index (κ1) is 31.3. The number of ether oxygens (including phenoxy) is 2. The number of aromatic nitrogens is 3. The fraction of sp³-hybridized carbons (Fsp3) is 0.441. The molecule has 0 saturated heterocycles. The van der Waals surface area contributed by atoms with Gasteiger partial charge in [-0.15, -0.1) is 5.10 Å². The van der Waals surface area contributed by atoms with Gasteiger partial charge < -0.3 is 19.5 Å². The van der Waals surface area contributed by atoms with Gasteiger partial charge in [0.1, 0.15) is 5.52 Å². The van der Waals surface area contributed by atoms with E-state index >= 15 is 0 Å². The maximum atomic E-state index is 12.7. The predicted octanol–water partition coefficient (Wildman–Crippen LogP) is 5.73. The normalized spacial score (nSPS) is 13.0. The zero-order valence-electron chi connectivity index (χ0n) is 25.5. The molecule has 0 saturated carbocycles. The van der Waals surface area contributed by atoms with Crippen molar-refractivity contribution in [3.8, 4) is 0 Å². The molecule has 8 nitrogen and oxygen atoms in total. The second kappa shape index (κ2) is 15.0. The van der Waals surface area contributed by atoms with Crippen molar-refractivity contribution in [3.05, 3.63) is 94.0 Å². The van der Waals surface area contributed by atoms with Crippen LogP contribution in [0.5, 0.6) is 0 Å². The van der Waals surface area contributed by atoms with Crippen LogP contribution in [0, 0.1) is 13.8 Å². The topological polar surface area (TPSA) is 89.7 Å². The van der Waals surface area contributed by atoms with E-state index in [-0.39, 0.29) is 18.3 Å². The quantitative estimate of drug-likeness (QED) is 0.144. The third-order valence-electron chi connectivity index (χ3n) is 7.83. The van der Waals surface area contributed by atoms with Gasteiger partial charge >= 0.3 is 5.97 Å². The number of carbonyl (C=O) groups is 1. The molecule has 0 aliphatic carbocycles. The Bertz CT molecular complexity index is 1450. The minimum Gasteiger partial charge on any atom is -0.466 e. The van der Waals surface area contributed by atoms with Crippen molar-refractivity contribution in [2.45, 2.75) is 65.7 Å². The van der Waals surface area contributed by atoms with Crippen LogP contribution in [0.4, 0.5) is 0 Å². The third kappa shape index (κ3) is 8.03. The summed E-state index contributed by atoms with van der Waals surface area (Å²) in [5, 5.41) is 19.3. The Morgan fingerprint density at radius 3 is 2.57 bits per heavy atom. The SMILES string of the molecule is CCOC(=O)CC(c1ccc(C)c([C@H](C)O)c1)c1ccc2c(nnn2CCCN(C)CCOCc2ccccc2)c1C. The number of aryl methyl sites for hydroxylation is 3. The Kier molecular flexibility index (Phi) is 11.2. The van der Waals surface area contributed by atoms with E-state index in [0.29, 0.717) is 19.8 Å². The minimum absolute atomic E-state index is 0.206. The van der Waals surface area contributed by atoms with Crippen LogP contribution in [-0.4, -0.2) is 64.3 Å². The van der Waals surface area contributed by atoms with Crippen LogP contribution >= 0.6 is 0 Å². The molecule has 0 aliphatic rings. The zero-order chi connectivity index (χ0) is 30.1. The van der Waals surface area contributed by atoms with Crippen LogP contribution in [0.25, 0.3) is 11.0 Å². The van der Waals surface area contributed by atoms with E-state index < -0.39 is 6.10 Å². The van der Waals surface area contributed by atoms with E-state index in [9.17, 15) is 9.90 Å². The molecule has 0 spiro atoms. The molecule has 3 aromatic carbocycles. The van der Waals surface area contributed by atoms with Crippen LogP contribution in [-0.2, 0) is 27.4 Å². The van der Waals surface area contributed by atoms with Gasteiger partial charge in [-0.1, -0.05) is 59.8 Å². The average molecular weight is 573 g/mol. The van der Waals surface area contributed by atoms with Gasteiger partial charge in [-0.25, -0.2) is 4.68 Å². The highest BCUT2D eigenvalue weighted by molar-refractivity contribution is 5.80. The predicted molar refractivity (Wildman–Crippen MR) is 165 cm³/mol. The largest absolute Gasteiger partial charge is 0.466 e. The molecule has 42 heavy (non-hydrogen) atoms. The molecule has 8 heteroatoms. The highest BCUT2D eigenvalue weighted by Gasteiger charge is 2.24. The third-order valence-corrected chi connectivity index (χ3v) is 7.83. The number of hydrogen-bond acceptors (Lipinski definition) is 7. The fourth-order valence-electron chi connectivity index (χ4n) is 5.43. The molecule has 0 fully saturated rings. The number of aliphatic hydroxyl groups is 1. The smallest absolute Gasteiger partial charge is 0.306 e. The number of hydrogen-bond donors (Lipinski definition) is 1. The van der Waals surface area contributed by atoms with E-state index in [0.717, 1.165) is 64.9 Å². The van der Waals surface area contributed by atoms with Crippen LogP contribution in [0.15, 0.2) is 60.7 Å². The molecule has 1 N–H and O–H groups in total. The first-order chi connectivity index (χ1) is 20.3. The van der Waals surface area contributed by atoms with Crippen molar-refractivity contribution < 1.29 is 19.4 Å². The summed E-state index contributed by atoms with van der Waals surface area (Å²) in [6.07, 6.45) is 0.543. The molecule has 0 aliphatic heterocycles. The molecular weight excluding hydrogens is 528 g/mol. The van der Waals surface area contributed by atoms with Crippen molar-refractivity contribution in [1.29, 1.82) is 0 Å². The molecular formula is C34H44N4O4. The van der Waals surface area contributed by atoms with Crippen LogP contribution in [0.3, 0.4) is 0 Å². The highest BCUT2D eigenvalue weighted by Crippen LogP contribution is 2.35. The first-order valence-corrected chi connectivity index (χ1v) is 14.9. The van der Waals surface area contributed by atoms with Crippen LogP contribution < -0.4 is 0 Å². The fourth-order valence-corrected chi connectivity index (χ4v) is 5.43. The summed E-state index contributed by atoms with van der Waals surface area (Å²) in [4.78, 5) is 14.9. The highest BCUT2D eigenvalue weighted by atomic mass is 16.5. The Morgan fingerprint density at radius 1 is 1.05 bits per heavy atom. The van der Waals surface area contributed by atoms with E-state index in [1.807, 2.05) is 61.9 Å². The molecule has 4 aromatic rings. The Morgan fingerprint density at radius 2 is 1.83 bits per heavy atom. The molecule has 4 rings (SSSR count). The molecule has 0 amide bonds. The van der Waals surface area contributed by atoms with Crippen molar-refractivity contribution >= 4 is 17.0 Å². The standard InChI is InChI=1S/C34H44N4O4/c1-6-42-33(40)22-31(28-14-13-24(2)30(21-28)26(4)39)29-15-16-32-34(25(29)3)35-36-38(32)18-10-17-37(5)19-20-41-23-27-11-8-7-9-12-27/h7-9,11-16,21,26,31,39H,6,10,17-20,22-23H2,1-5H3/t26-,31?/m0/s1. The summed E-state index contributed by atoms with van der Waals surface area (Å²) in [6, 6.07) is 20.4. The van der Waals surface area contributed by atoms with Crippen LogP contribution in [0.2, 0.25) is 0 Å².